The van der Waals surface area contributed by atoms with Gasteiger partial charge in [0.15, 0.2) is 0 Å². The quantitative estimate of drug-likeness (QED) is 0.318. The van der Waals surface area contributed by atoms with Gasteiger partial charge in [0.25, 0.3) is 0 Å². The molecule has 5 rings (SSSR count). The molecule has 2 nitrogen and oxygen atoms in total. The van der Waals surface area contributed by atoms with Crippen LogP contribution in [0, 0.1) is 5.41 Å². The van der Waals surface area contributed by atoms with Gasteiger partial charge in [-0.15, -0.1) is 0 Å². The Morgan fingerprint density at radius 3 is 1.71 bits per heavy atom. The second kappa shape index (κ2) is 9.57. The third-order valence-electron chi connectivity index (χ3n) is 6.27. The first-order valence-electron chi connectivity index (χ1n) is 11.8. The molecule has 0 fully saturated rings. The summed E-state index contributed by atoms with van der Waals surface area (Å²) in [5.74, 6) is 0.758. The smallest absolute Gasteiger partial charge is 0.217 e. The minimum Gasteiger partial charge on any atom is -0.475 e. The summed E-state index contributed by atoms with van der Waals surface area (Å²) < 4.78 is 6.17. The summed E-state index contributed by atoms with van der Waals surface area (Å²) in [6, 6.07) is 39.2. The average molecular weight is 464 g/mol. The molecular formula is C31H30NOP. The fourth-order valence-electron chi connectivity index (χ4n) is 4.35. The van der Waals surface area contributed by atoms with E-state index >= 15 is 0 Å². The van der Waals surface area contributed by atoms with Gasteiger partial charge in [0.05, 0.1) is 6.04 Å². The molecule has 0 spiro atoms. The second-order valence-corrected chi connectivity index (χ2v) is 11.9. The van der Waals surface area contributed by atoms with Crippen LogP contribution < -0.4 is 15.9 Å². The zero-order chi connectivity index (χ0) is 23.5. The minimum atomic E-state index is -0.723. The van der Waals surface area contributed by atoms with E-state index < -0.39 is 7.92 Å². The van der Waals surface area contributed by atoms with Gasteiger partial charge in [-0.2, -0.15) is 0 Å². The van der Waals surface area contributed by atoms with Crippen molar-refractivity contribution in [2.75, 3.05) is 6.61 Å². The van der Waals surface area contributed by atoms with Gasteiger partial charge < -0.3 is 4.74 Å². The molecule has 0 amide bonds. The molecule has 0 bridgehead atoms. The molecule has 170 valence electrons. The van der Waals surface area contributed by atoms with E-state index in [0.29, 0.717) is 6.61 Å². The van der Waals surface area contributed by atoms with E-state index in [1.54, 1.807) is 0 Å². The van der Waals surface area contributed by atoms with Gasteiger partial charge in [-0.3, -0.25) is 0 Å². The highest BCUT2D eigenvalue weighted by Gasteiger charge is 2.32. The van der Waals surface area contributed by atoms with Crippen LogP contribution in [0.2, 0.25) is 0 Å². The lowest BCUT2D eigenvalue weighted by Crippen LogP contribution is -2.25. The molecule has 0 radical (unpaired) electrons. The monoisotopic (exact) mass is 463 g/mol. The molecule has 1 unspecified atom stereocenters. The van der Waals surface area contributed by atoms with Crippen LogP contribution in [0.3, 0.4) is 0 Å². The molecule has 1 atom stereocenters. The van der Waals surface area contributed by atoms with Crippen molar-refractivity contribution in [3.8, 4) is 11.1 Å². The molecule has 0 N–H and O–H groups in total. The SMILES string of the molecule is CC(C)(C)C1COC(c2ccccc2-c2ccccc2P(c2ccccc2)c2ccccc2)=N1. The number of benzene rings is 4. The van der Waals surface area contributed by atoms with Gasteiger partial charge in [-0.1, -0.05) is 124 Å². The van der Waals surface area contributed by atoms with Crippen LogP contribution in [0.15, 0.2) is 114 Å². The lowest BCUT2D eigenvalue weighted by molar-refractivity contribution is 0.236. The molecule has 4 aromatic carbocycles. The number of rotatable bonds is 5. The first kappa shape index (κ1) is 22.6. The van der Waals surface area contributed by atoms with E-state index in [4.69, 9.17) is 9.73 Å². The Balaban J connectivity index is 1.67. The molecule has 0 saturated carbocycles. The summed E-state index contributed by atoms with van der Waals surface area (Å²) in [5.41, 5.74) is 3.55. The lowest BCUT2D eigenvalue weighted by Gasteiger charge is -2.23. The van der Waals surface area contributed by atoms with E-state index in [2.05, 4.69) is 130 Å². The fourth-order valence-corrected chi connectivity index (χ4v) is 6.81. The number of hydrogen-bond acceptors (Lipinski definition) is 2. The Labute approximate surface area is 204 Å². The highest BCUT2D eigenvalue weighted by molar-refractivity contribution is 7.80. The predicted octanol–water partition coefficient (Wildman–Crippen LogP) is 6.30. The van der Waals surface area contributed by atoms with Crippen LogP contribution in [0.4, 0.5) is 0 Å². The third-order valence-corrected chi connectivity index (χ3v) is 8.77. The Morgan fingerprint density at radius 1 is 0.647 bits per heavy atom. The second-order valence-electron chi connectivity index (χ2n) is 9.70. The molecule has 0 aromatic heterocycles. The molecule has 3 heteroatoms. The third kappa shape index (κ3) is 4.56. The Hall–Kier alpha value is -3.22. The molecular weight excluding hydrogens is 433 g/mol. The van der Waals surface area contributed by atoms with Crippen molar-refractivity contribution < 1.29 is 4.74 Å². The molecule has 0 saturated heterocycles. The molecule has 0 aliphatic carbocycles. The Kier molecular flexibility index (Phi) is 6.35. The van der Waals surface area contributed by atoms with E-state index in [0.717, 1.165) is 11.5 Å². The highest BCUT2D eigenvalue weighted by atomic mass is 31.1. The summed E-state index contributed by atoms with van der Waals surface area (Å²) in [6.07, 6.45) is 0. The Bertz CT molecular complexity index is 1250. The van der Waals surface area contributed by atoms with Crippen LogP contribution in [0.25, 0.3) is 11.1 Å². The van der Waals surface area contributed by atoms with Crippen LogP contribution >= 0.6 is 7.92 Å². The largest absolute Gasteiger partial charge is 0.475 e. The number of hydrogen-bond donors (Lipinski definition) is 0. The molecule has 1 aliphatic rings. The van der Waals surface area contributed by atoms with E-state index in [1.165, 1.54) is 27.0 Å². The molecule has 1 aliphatic heterocycles. The van der Waals surface area contributed by atoms with Gasteiger partial charge in [-0.05, 0) is 46.4 Å². The molecule has 4 aromatic rings. The van der Waals surface area contributed by atoms with Crippen molar-refractivity contribution in [3.63, 3.8) is 0 Å². The van der Waals surface area contributed by atoms with Crippen molar-refractivity contribution in [3.05, 3.63) is 115 Å². The van der Waals surface area contributed by atoms with E-state index in [-0.39, 0.29) is 11.5 Å². The van der Waals surface area contributed by atoms with Crippen molar-refractivity contribution in [2.45, 2.75) is 26.8 Å². The van der Waals surface area contributed by atoms with Gasteiger partial charge in [0.2, 0.25) is 5.90 Å². The van der Waals surface area contributed by atoms with E-state index in [9.17, 15) is 0 Å². The van der Waals surface area contributed by atoms with Crippen molar-refractivity contribution in [1.82, 2.24) is 0 Å². The van der Waals surface area contributed by atoms with Crippen LogP contribution in [-0.4, -0.2) is 18.5 Å². The maximum atomic E-state index is 6.17. The molecule has 34 heavy (non-hydrogen) atoms. The summed E-state index contributed by atoms with van der Waals surface area (Å²) in [7, 11) is -0.723. The zero-order valence-corrected chi connectivity index (χ0v) is 20.9. The van der Waals surface area contributed by atoms with Crippen molar-refractivity contribution >= 4 is 29.7 Å². The lowest BCUT2D eigenvalue weighted by atomic mass is 9.88. The van der Waals surface area contributed by atoms with Gasteiger partial charge >= 0.3 is 0 Å². The van der Waals surface area contributed by atoms with Gasteiger partial charge in [0.1, 0.15) is 6.61 Å². The van der Waals surface area contributed by atoms with Crippen LogP contribution in [0.5, 0.6) is 0 Å². The maximum Gasteiger partial charge on any atom is 0.217 e. The maximum absolute atomic E-state index is 6.17. The summed E-state index contributed by atoms with van der Waals surface area (Å²) in [6.45, 7) is 7.31. The zero-order valence-electron chi connectivity index (χ0n) is 20.0. The first-order valence-corrected chi connectivity index (χ1v) is 13.2. The average Bonchev–Trinajstić information content (AvgIpc) is 3.37. The minimum absolute atomic E-state index is 0.0730. The van der Waals surface area contributed by atoms with Gasteiger partial charge in [-0.25, -0.2) is 4.99 Å². The topological polar surface area (TPSA) is 21.6 Å². The summed E-state index contributed by atoms with van der Waals surface area (Å²) in [4.78, 5) is 5.01. The number of ether oxygens (including phenoxy) is 1. The first-order chi connectivity index (χ1) is 16.5. The normalized spacial score (nSPS) is 15.8. The van der Waals surface area contributed by atoms with Crippen molar-refractivity contribution in [2.24, 2.45) is 10.4 Å². The van der Waals surface area contributed by atoms with Crippen LogP contribution in [-0.2, 0) is 4.74 Å². The van der Waals surface area contributed by atoms with E-state index in [1.807, 2.05) is 0 Å². The summed E-state index contributed by atoms with van der Waals surface area (Å²) in [5, 5.41) is 4.03. The fraction of sp³-hybridized carbons (Fsp3) is 0.194. The predicted molar refractivity (Wildman–Crippen MR) is 146 cm³/mol. The number of aliphatic imine (C=N–C) groups is 1. The standard InChI is InChI=1S/C31H30NOP/c1-31(2,3)29-22-33-30(32-29)27-20-11-10-18-25(27)26-19-12-13-21-28(26)34(23-14-6-4-7-15-23)24-16-8-5-9-17-24/h4-21,29H,22H2,1-3H3. The van der Waals surface area contributed by atoms with Crippen molar-refractivity contribution in [1.29, 1.82) is 0 Å². The Morgan fingerprint density at radius 2 is 1.15 bits per heavy atom. The number of nitrogens with zero attached hydrogens (tertiary/aromatic N) is 1. The van der Waals surface area contributed by atoms with Crippen LogP contribution in [0.1, 0.15) is 26.3 Å². The summed E-state index contributed by atoms with van der Waals surface area (Å²) >= 11 is 0. The van der Waals surface area contributed by atoms with Gasteiger partial charge in [0, 0.05) is 5.56 Å². The highest BCUT2D eigenvalue weighted by Crippen LogP contribution is 2.38. The molecule has 1 heterocycles.